The van der Waals surface area contributed by atoms with Crippen LogP contribution in [0.4, 0.5) is 0 Å². The van der Waals surface area contributed by atoms with Crippen LogP contribution in [-0.2, 0) is 13.6 Å². The molecule has 0 aliphatic carbocycles. The van der Waals surface area contributed by atoms with Crippen molar-refractivity contribution >= 4 is 22.9 Å². The minimum atomic E-state index is -0.444. The van der Waals surface area contributed by atoms with Crippen LogP contribution in [0.15, 0.2) is 26.9 Å². The van der Waals surface area contributed by atoms with Crippen LogP contribution in [0.5, 0.6) is 0 Å². The maximum Gasteiger partial charge on any atom is 0.329 e. The minimum Gasteiger partial charge on any atom is -0.309 e. The number of nitrogens with zero attached hydrogens (tertiary/aromatic N) is 3. The molecule has 2 aromatic heterocycles. The number of H-pyrrole nitrogens is 1. The molecule has 2 rings (SSSR count). The van der Waals surface area contributed by atoms with Gasteiger partial charge in [-0.2, -0.15) is 0 Å². The molecule has 120 valence electrons. The quantitative estimate of drug-likeness (QED) is 0.482. The second-order valence-corrected chi connectivity index (χ2v) is 6.55. The predicted octanol–water partition coefficient (Wildman–Crippen LogP) is 2.28. The van der Waals surface area contributed by atoms with Crippen LogP contribution in [0.2, 0.25) is 0 Å². The highest BCUT2D eigenvalue weighted by atomic mass is 32.2. The summed E-state index contributed by atoms with van der Waals surface area (Å²) in [7, 11) is 1.62. The highest BCUT2D eigenvalue weighted by Crippen LogP contribution is 2.23. The second kappa shape index (κ2) is 7.00. The van der Waals surface area contributed by atoms with Gasteiger partial charge in [0.25, 0.3) is 5.56 Å². The Hall–Kier alpha value is -1.76. The number of aromatic nitrogens is 4. The Morgan fingerprint density at radius 3 is 2.73 bits per heavy atom. The summed E-state index contributed by atoms with van der Waals surface area (Å²) in [4.78, 5) is 30.8. The first-order valence-corrected chi connectivity index (χ1v) is 8.41. The van der Waals surface area contributed by atoms with Gasteiger partial charge in [-0.1, -0.05) is 43.7 Å². The fourth-order valence-electron chi connectivity index (χ4n) is 2.26. The Bertz CT molecular complexity index is 800. The smallest absolute Gasteiger partial charge is 0.309 e. The number of allylic oxidation sites excluding steroid dienone is 1. The van der Waals surface area contributed by atoms with Gasteiger partial charge in [0.1, 0.15) is 0 Å². The number of imidazole rings is 1. The fourth-order valence-corrected chi connectivity index (χ4v) is 3.25. The van der Waals surface area contributed by atoms with Crippen molar-refractivity contribution in [1.82, 2.24) is 19.1 Å². The molecule has 0 amide bonds. The van der Waals surface area contributed by atoms with E-state index in [2.05, 4.69) is 23.5 Å². The molecule has 0 aliphatic rings. The van der Waals surface area contributed by atoms with E-state index in [0.717, 1.165) is 29.3 Å². The number of rotatable bonds is 7. The Labute approximate surface area is 133 Å². The van der Waals surface area contributed by atoms with Gasteiger partial charge >= 0.3 is 5.69 Å². The molecule has 0 spiro atoms. The maximum absolute atomic E-state index is 12.2. The van der Waals surface area contributed by atoms with Crippen LogP contribution < -0.4 is 11.2 Å². The Balaban J connectivity index is 2.52. The van der Waals surface area contributed by atoms with Gasteiger partial charge in [-0.3, -0.25) is 14.3 Å². The van der Waals surface area contributed by atoms with Crippen molar-refractivity contribution in [3.8, 4) is 0 Å². The average Bonchev–Trinajstić information content (AvgIpc) is 2.80. The van der Waals surface area contributed by atoms with Crippen LogP contribution in [0, 0.1) is 0 Å². The van der Waals surface area contributed by atoms with Crippen molar-refractivity contribution in [3.63, 3.8) is 0 Å². The number of aryl methyl sites for hydroxylation is 1. The molecular formula is C15H22N4O2S. The first-order chi connectivity index (χ1) is 10.5. The number of hydrogen-bond donors (Lipinski definition) is 1. The molecule has 0 atom stereocenters. The molecule has 2 aromatic rings. The molecule has 7 heteroatoms. The summed E-state index contributed by atoms with van der Waals surface area (Å²) < 4.78 is 3.23. The number of hydrogen-bond acceptors (Lipinski definition) is 4. The fraction of sp³-hybridized carbons (Fsp3) is 0.533. The van der Waals surface area contributed by atoms with Crippen LogP contribution in [0.25, 0.3) is 11.2 Å². The SMILES string of the molecule is C=C(C)Cn1c(SCCCCC)nc2c1c(=O)[nH]c(=O)n2C. The Kier molecular flexibility index (Phi) is 5.28. The van der Waals surface area contributed by atoms with Gasteiger partial charge in [0, 0.05) is 19.3 Å². The molecule has 0 fully saturated rings. The molecule has 6 nitrogen and oxygen atoms in total. The van der Waals surface area contributed by atoms with E-state index in [-0.39, 0.29) is 0 Å². The third-order valence-corrected chi connectivity index (χ3v) is 4.44. The van der Waals surface area contributed by atoms with Gasteiger partial charge in [-0.25, -0.2) is 9.78 Å². The lowest BCUT2D eigenvalue weighted by Crippen LogP contribution is -2.29. The van der Waals surface area contributed by atoms with E-state index in [1.54, 1.807) is 18.8 Å². The monoisotopic (exact) mass is 322 g/mol. The van der Waals surface area contributed by atoms with Crippen LogP contribution in [-0.4, -0.2) is 24.9 Å². The van der Waals surface area contributed by atoms with E-state index in [0.29, 0.717) is 17.7 Å². The lowest BCUT2D eigenvalue weighted by atomic mass is 10.3. The van der Waals surface area contributed by atoms with E-state index in [1.807, 2.05) is 11.5 Å². The van der Waals surface area contributed by atoms with Gasteiger partial charge in [-0.05, 0) is 13.3 Å². The van der Waals surface area contributed by atoms with Gasteiger partial charge in [-0.15, -0.1) is 0 Å². The van der Waals surface area contributed by atoms with Crippen LogP contribution in [0.3, 0.4) is 0 Å². The number of nitrogens with one attached hydrogen (secondary N) is 1. The lowest BCUT2D eigenvalue weighted by molar-refractivity contribution is 0.716. The Morgan fingerprint density at radius 1 is 1.36 bits per heavy atom. The van der Waals surface area contributed by atoms with Crippen LogP contribution >= 0.6 is 11.8 Å². The van der Waals surface area contributed by atoms with Gasteiger partial charge in [0.15, 0.2) is 16.3 Å². The Morgan fingerprint density at radius 2 is 2.09 bits per heavy atom. The van der Waals surface area contributed by atoms with E-state index < -0.39 is 11.2 Å². The van der Waals surface area contributed by atoms with Crippen molar-refractivity contribution in [2.24, 2.45) is 7.05 Å². The number of unbranched alkanes of at least 4 members (excludes halogenated alkanes) is 2. The van der Waals surface area contributed by atoms with E-state index >= 15 is 0 Å². The normalized spacial score (nSPS) is 11.2. The van der Waals surface area contributed by atoms with Crippen molar-refractivity contribution in [1.29, 1.82) is 0 Å². The predicted molar refractivity (Wildman–Crippen MR) is 90.7 cm³/mol. The van der Waals surface area contributed by atoms with Crippen molar-refractivity contribution < 1.29 is 0 Å². The number of aromatic amines is 1. The number of thioether (sulfide) groups is 1. The maximum atomic E-state index is 12.2. The third-order valence-electron chi connectivity index (χ3n) is 3.38. The summed E-state index contributed by atoms with van der Waals surface area (Å²) in [6.07, 6.45) is 3.44. The largest absolute Gasteiger partial charge is 0.329 e. The molecule has 0 bridgehead atoms. The zero-order chi connectivity index (χ0) is 16.3. The molecule has 0 aromatic carbocycles. The summed E-state index contributed by atoms with van der Waals surface area (Å²) in [6.45, 7) is 8.51. The molecule has 0 unspecified atom stereocenters. The first kappa shape index (κ1) is 16.6. The van der Waals surface area contributed by atoms with Gasteiger partial charge in [0.05, 0.1) is 0 Å². The molecular weight excluding hydrogens is 300 g/mol. The van der Waals surface area contributed by atoms with Crippen molar-refractivity contribution in [3.05, 3.63) is 33.0 Å². The van der Waals surface area contributed by atoms with E-state index in [1.165, 1.54) is 11.0 Å². The molecule has 22 heavy (non-hydrogen) atoms. The molecule has 2 heterocycles. The second-order valence-electron chi connectivity index (χ2n) is 5.48. The number of fused-ring (bicyclic) bond motifs is 1. The molecule has 0 saturated carbocycles. The van der Waals surface area contributed by atoms with Crippen molar-refractivity contribution in [2.75, 3.05) is 5.75 Å². The standard InChI is InChI=1S/C15H22N4O2S/c1-5-6-7-8-22-15-16-12-11(19(15)9-10(2)3)13(20)17-14(21)18(12)4/h2,5-9H2,1,3-4H3,(H,17,20,21). The average molecular weight is 322 g/mol. The van der Waals surface area contributed by atoms with E-state index in [9.17, 15) is 9.59 Å². The third kappa shape index (κ3) is 3.35. The highest BCUT2D eigenvalue weighted by Gasteiger charge is 2.17. The van der Waals surface area contributed by atoms with Crippen LogP contribution in [0.1, 0.15) is 33.1 Å². The summed E-state index contributed by atoms with van der Waals surface area (Å²) in [5.41, 5.74) is 0.950. The van der Waals surface area contributed by atoms with E-state index in [4.69, 9.17) is 0 Å². The minimum absolute atomic E-state index is 0.396. The van der Waals surface area contributed by atoms with Gasteiger partial charge in [0.2, 0.25) is 0 Å². The molecule has 0 radical (unpaired) electrons. The molecule has 0 saturated heterocycles. The highest BCUT2D eigenvalue weighted by molar-refractivity contribution is 7.99. The zero-order valence-electron chi connectivity index (χ0n) is 13.3. The van der Waals surface area contributed by atoms with Crippen molar-refractivity contribution in [2.45, 2.75) is 44.8 Å². The summed E-state index contributed by atoms with van der Waals surface area (Å²) in [5, 5.41) is 0.765. The topological polar surface area (TPSA) is 72.7 Å². The summed E-state index contributed by atoms with van der Waals surface area (Å²) in [5.74, 6) is 0.944. The first-order valence-electron chi connectivity index (χ1n) is 7.42. The summed E-state index contributed by atoms with van der Waals surface area (Å²) in [6, 6.07) is 0. The molecule has 0 aliphatic heterocycles. The summed E-state index contributed by atoms with van der Waals surface area (Å²) >= 11 is 1.62. The van der Waals surface area contributed by atoms with Gasteiger partial charge < -0.3 is 4.57 Å². The molecule has 1 N–H and O–H groups in total. The zero-order valence-corrected chi connectivity index (χ0v) is 14.1. The lowest BCUT2D eigenvalue weighted by Gasteiger charge is -2.07.